The first-order chi connectivity index (χ1) is 15.0. The average Bonchev–Trinajstić information content (AvgIpc) is 3.20. The smallest absolute Gasteiger partial charge is 0.270 e. The average molecular weight is 430 g/mol. The lowest BCUT2D eigenvalue weighted by atomic mass is 10.1. The molecule has 0 spiro atoms. The highest BCUT2D eigenvalue weighted by molar-refractivity contribution is 7.07. The second-order valence-electron chi connectivity index (χ2n) is 6.79. The number of nitrogens with zero attached hydrogens (tertiary/aromatic N) is 4. The molecule has 0 unspecified atom stereocenters. The van der Waals surface area contributed by atoms with Crippen molar-refractivity contribution in [3.63, 3.8) is 0 Å². The molecule has 7 nitrogen and oxygen atoms in total. The molecule has 3 aromatic carbocycles. The van der Waals surface area contributed by atoms with Crippen molar-refractivity contribution < 1.29 is 10.0 Å². The van der Waals surface area contributed by atoms with Crippen molar-refractivity contribution in [2.45, 2.75) is 6.92 Å². The SMILES string of the molecule is Cc1ccc(-c2cs/c(=N/N=C/c3cc([N+](=O)[O-])ccc3O)n2-c2ccccc2)cc1. The van der Waals surface area contributed by atoms with Gasteiger partial charge in [-0.2, -0.15) is 5.10 Å². The number of phenolic OH excluding ortho intramolecular Hbond substituents is 1. The summed E-state index contributed by atoms with van der Waals surface area (Å²) < 4.78 is 2.00. The van der Waals surface area contributed by atoms with Gasteiger partial charge >= 0.3 is 0 Å². The Balaban J connectivity index is 1.79. The highest BCUT2D eigenvalue weighted by atomic mass is 32.1. The minimum Gasteiger partial charge on any atom is -0.507 e. The molecule has 8 heteroatoms. The first-order valence-electron chi connectivity index (χ1n) is 9.40. The van der Waals surface area contributed by atoms with E-state index in [4.69, 9.17) is 0 Å². The van der Waals surface area contributed by atoms with E-state index in [0.29, 0.717) is 4.80 Å². The summed E-state index contributed by atoms with van der Waals surface area (Å²) in [6, 6.07) is 21.8. The van der Waals surface area contributed by atoms with Gasteiger partial charge in [0.1, 0.15) is 5.75 Å². The zero-order chi connectivity index (χ0) is 21.8. The summed E-state index contributed by atoms with van der Waals surface area (Å²) in [6.45, 7) is 2.04. The number of rotatable bonds is 5. The fourth-order valence-electron chi connectivity index (χ4n) is 3.03. The molecule has 0 fully saturated rings. The van der Waals surface area contributed by atoms with Crippen LogP contribution in [0.5, 0.6) is 5.75 Å². The van der Waals surface area contributed by atoms with Gasteiger partial charge in [-0.25, -0.2) is 0 Å². The summed E-state index contributed by atoms with van der Waals surface area (Å²) in [4.78, 5) is 11.1. The van der Waals surface area contributed by atoms with Gasteiger partial charge in [-0.15, -0.1) is 16.4 Å². The van der Waals surface area contributed by atoms with Crippen molar-refractivity contribution in [1.29, 1.82) is 0 Å². The molecule has 0 atom stereocenters. The van der Waals surface area contributed by atoms with E-state index >= 15 is 0 Å². The number of non-ortho nitro benzene ring substituents is 1. The van der Waals surface area contributed by atoms with Crippen molar-refractivity contribution in [3.05, 3.63) is 104 Å². The van der Waals surface area contributed by atoms with Gasteiger partial charge in [0.05, 0.1) is 16.8 Å². The van der Waals surface area contributed by atoms with Crippen molar-refractivity contribution in [2.24, 2.45) is 10.2 Å². The van der Waals surface area contributed by atoms with E-state index in [1.807, 2.05) is 47.2 Å². The summed E-state index contributed by atoms with van der Waals surface area (Å²) in [5, 5.41) is 31.4. The van der Waals surface area contributed by atoms with E-state index in [9.17, 15) is 15.2 Å². The number of nitro benzene ring substituents is 1. The predicted molar refractivity (Wildman–Crippen MR) is 122 cm³/mol. The molecule has 1 aromatic heterocycles. The third-order valence-electron chi connectivity index (χ3n) is 4.63. The maximum atomic E-state index is 11.0. The first kappa shape index (κ1) is 20.2. The molecule has 0 aliphatic rings. The third kappa shape index (κ3) is 4.44. The lowest BCUT2D eigenvalue weighted by Gasteiger charge is -2.09. The van der Waals surface area contributed by atoms with Gasteiger partial charge in [0.15, 0.2) is 0 Å². The van der Waals surface area contributed by atoms with Crippen LogP contribution < -0.4 is 4.80 Å². The second kappa shape index (κ2) is 8.76. The molecule has 0 saturated carbocycles. The molecular formula is C23H18N4O3S. The summed E-state index contributed by atoms with van der Waals surface area (Å²) >= 11 is 1.43. The largest absolute Gasteiger partial charge is 0.507 e. The molecule has 1 N–H and O–H groups in total. The maximum absolute atomic E-state index is 11.0. The quantitative estimate of drug-likeness (QED) is 0.272. The highest BCUT2D eigenvalue weighted by Crippen LogP contribution is 2.24. The molecule has 1 heterocycles. The van der Waals surface area contributed by atoms with Crippen molar-refractivity contribution in [1.82, 2.24) is 4.57 Å². The Kier molecular flexibility index (Phi) is 5.72. The van der Waals surface area contributed by atoms with E-state index in [0.717, 1.165) is 16.9 Å². The second-order valence-corrected chi connectivity index (χ2v) is 7.62. The molecule has 154 valence electrons. The van der Waals surface area contributed by atoms with Crippen LogP contribution in [0.2, 0.25) is 0 Å². The maximum Gasteiger partial charge on any atom is 0.270 e. The van der Waals surface area contributed by atoms with Crippen molar-refractivity contribution in [3.8, 4) is 22.7 Å². The zero-order valence-corrected chi connectivity index (χ0v) is 17.4. The number of aromatic hydroxyl groups is 1. The number of hydrogen-bond donors (Lipinski definition) is 1. The van der Waals surface area contributed by atoms with Crippen LogP contribution in [0.15, 0.2) is 88.4 Å². The normalized spacial score (nSPS) is 11.8. The summed E-state index contributed by atoms with van der Waals surface area (Å²) in [5.41, 5.74) is 4.23. The number of benzene rings is 3. The van der Waals surface area contributed by atoms with Gasteiger partial charge in [-0.3, -0.25) is 14.7 Å². The van der Waals surface area contributed by atoms with Gasteiger partial charge in [-0.05, 0) is 30.7 Å². The van der Waals surface area contributed by atoms with Gasteiger partial charge < -0.3 is 5.11 Å². The molecule has 31 heavy (non-hydrogen) atoms. The van der Waals surface area contributed by atoms with E-state index in [1.165, 1.54) is 41.3 Å². The number of aromatic nitrogens is 1. The number of hydrogen-bond acceptors (Lipinski definition) is 6. The Morgan fingerprint density at radius 1 is 1.06 bits per heavy atom. The number of aryl methyl sites for hydroxylation is 1. The predicted octanol–water partition coefficient (Wildman–Crippen LogP) is 5.06. The van der Waals surface area contributed by atoms with Crippen LogP contribution in [0.4, 0.5) is 5.69 Å². The van der Waals surface area contributed by atoms with Crippen LogP contribution in [0, 0.1) is 17.0 Å². The fraction of sp³-hybridized carbons (Fsp3) is 0.0435. The van der Waals surface area contributed by atoms with E-state index in [2.05, 4.69) is 34.5 Å². The summed E-state index contributed by atoms with van der Waals surface area (Å²) in [7, 11) is 0. The minimum absolute atomic E-state index is 0.105. The lowest BCUT2D eigenvalue weighted by molar-refractivity contribution is -0.384. The van der Waals surface area contributed by atoms with Gasteiger partial charge in [-0.1, -0.05) is 48.0 Å². The minimum atomic E-state index is -0.523. The number of thiazole rings is 1. The van der Waals surface area contributed by atoms with E-state index in [1.54, 1.807) is 0 Å². The fourth-order valence-corrected chi connectivity index (χ4v) is 3.89. The van der Waals surface area contributed by atoms with Crippen LogP contribution in [0.25, 0.3) is 16.9 Å². The van der Waals surface area contributed by atoms with Gasteiger partial charge in [0, 0.05) is 28.8 Å². The Labute approximate surface area is 182 Å². The Morgan fingerprint density at radius 3 is 2.52 bits per heavy atom. The number of para-hydroxylation sites is 1. The van der Waals surface area contributed by atoms with E-state index < -0.39 is 4.92 Å². The summed E-state index contributed by atoms with van der Waals surface area (Å²) in [6.07, 6.45) is 1.31. The van der Waals surface area contributed by atoms with Crippen molar-refractivity contribution >= 4 is 23.2 Å². The molecule has 0 aliphatic heterocycles. The Morgan fingerprint density at radius 2 is 1.81 bits per heavy atom. The number of nitro groups is 1. The Hall–Kier alpha value is -4.04. The highest BCUT2D eigenvalue weighted by Gasteiger charge is 2.11. The molecular weight excluding hydrogens is 412 g/mol. The molecule has 0 aliphatic carbocycles. The van der Waals surface area contributed by atoms with Crippen LogP contribution in [-0.4, -0.2) is 20.8 Å². The zero-order valence-electron chi connectivity index (χ0n) is 16.5. The molecule has 0 bridgehead atoms. The first-order valence-corrected chi connectivity index (χ1v) is 10.3. The third-order valence-corrected chi connectivity index (χ3v) is 5.45. The van der Waals surface area contributed by atoms with E-state index in [-0.39, 0.29) is 17.0 Å². The standard InChI is InChI=1S/C23H18N4O3S/c1-16-7-9-17(10-8-16)21-15-31-23(26(21)19-5-3-2-4-6-19)25-24-14-18-13-20(27(29)30)11-12-22(18)28/h2-15,28H,1H3/b24-14+,25-23+. The van der Waals surface area contributed by atoms with Gasteiger partial charge in [0.2, 0.25) is 4.80 Å². The van der Waals surface area contributed by atoms with Crippen LogP contribution in [0.1, 0.15) is 11.1 Å². The molecule has 0 amide bonds. The monoisotopic (exact) mass is 430 g/mol. The lowest BCUT2D eigenvalue weighted by Crippen LogP contribution is -2.13. The topological polar surface area (TPSA) is 93.0 Å². The molecule has 4 rings (SSSR count). The molecule has 4 aromatic rings. The Bertz CT molecular complexity index is 1320. The summed E-state index contributed by atoms with van der Waals surface area (Å²) in [5.74, 6) is -0.105. The van der Waals surface area contributed by atoms with Crippen LogP contribution in [-0.2, 0) is 0 Å². The van der Waals surface area contributed by atoms with Gasteiger partial charge in [0.25, 0.3) is 5.69 Å². The van der Waals surface area contributed by atoms with Crippen LogP contribution in [0.3, 0.4) is 0 Å². The van der Waals surface area contributed by atoms with Crippen LogP contribution >= 0.6 is 11.3 Å². The van der Waals surface area contributed by atoms with Crippen molar-refractivity contribution in [2.75, 3.05) is 0 Å². The number of phenols is 1. The molecule has 0 saturated heterocycles. The molecule has 0 radical (unpaired) electrons.